The van der Waals surface area contributed by atoms with Crippen LogP contribution in [0.15, 0.2) is 22.7 Å². The van der Waals surface area contributed by atoms with E-state index in [1.807, 2.05) is 18.2 Å². The third-order valence-corrected chi connectivity index (χ3v) is 3.89. The Balaban J connectivity index is 2.05. The van der Waals surface area contributed by atoms with Gasteiger partial charge >= 0.3 is 0 Å². The predicted molar refractivity (Wildman–Crippen MR) is 74.8 cm³/mol. The highest BCUT2D eigenvalue weighted by Gasteiger charge is 2.29. The maximum Gasteiger partial charge on any atom is 0.229 e. The highest BCUT2D eigenvalue weighted by Crippen LogP contribution is 2.28. The van der Waals surface area contributed by atoms with E-state index >= 15 is 0 Å². The monoisotopic (exact) mass is 312 g/mol. The van der Waals surface area contributed by atoms with Gasteiger partial charge in [0.2, 0.25) is 5.91 Å². The van der Waals surface area contributed by atoms with Crippen LogP contribution in [0, 0.1) is 11.8 Å². The average molecular weight is 313 g/mol. The van der Waals surface area contributed by atoms with E-state index < -0.39 is 0 Å². The quantitative estimate of drug-likeness (QED) is 0.900. The first-order valence-electron chi connectivity index (χ1n) is 5.97. The van der Waals surface area contributed by atoms with Gasteiger partial charge in [0, 0.05) is 12.2 Å². The number of anilines is 1. The Hall–Kier alpha value is -1.07. The molecule has 0 radical (unpaired) electrons. The summed E-state index contributed by atoms with van der Waals surface area (Å²) in [6, 6.07) is 5.52. The molecule has 0 spiro atoms. The zero-order valence-corrected chi connectivity index (χ0v) is 12.1. The molecule has 1 saturated heterocycles. The molecule has 0 bridgehead atoms. The van der Waals surface area contributed by atoms with Crippen molar-refractivity contribution in [3.8, 4) is 5.75 Å². The van der Waals surface area contributed by atoms with Crippen molar-refractivity contribution in [2.24, 2.45) is 11.8 Å². The van der Waals surface area contributed by atoms with Crippen molar-refractivity contribution in [2.75, 3.05) is 25.5 Å². The van der Waals surface area contributed by atoms with E-state index in [-0.39, 0.29) is 11.8 Å². The molecule has 1 heterocycles. The molecular weight excluding hydrogens is 296 g/mol. The molecule has 1 fully saturated rings. The molecule has 0 saturated carbocycles. The molecule has 0 unspecified atom stereocenters. The van der Waals surface area contributed by atoms with Crippen molar-refractivity contribution in [2.45, 2.75) is 6.92 Å². The second-order valence-electron chi connectivity index (χ2n) is 4.58. The van der Waals surface area contributed by atoms with Crippen LogP contribution < -0.4 is 15.4 Å². The molecule has 0 aromatic heterocycles. The van der Waals surface area contributed by atoms with Gasteiger partial charge in [0.15, 0.2) is 0 Å². The van der Waals surface area contributed by atoms with Crippen LogP contribution in [0.5, 0.6) is 5.75 Å². The Labute approximate surface area is 115 Å². The summed E-state index contributed by atoms with van der Waals surface area (Å²) in [6.07, 6.45) is 0. The lowest BCUT2D eigenvalue weighted by Crippen LogP contribution is -2.27. The van der Waals surface area contributed by atoms with Crippen molar-refractivity contribution in [1.82, 2.24) is 5.32 Å². The maximum atomic E-state index is 12.1. The maximum absolute atomic E-state index is 12.1. The van der Waals surface area contributed by atoms with Crippen molar-refractivity contribution in [1.29, 1.82) is 0 Å². The van der Waals surface area contributed by atoms with Crippen molar-refractivity contribution < 1.29 is 9.53 Å². The molecule has 2 rings (SSSR count). The fraction of sp³-hybridized carbons (Fsp3) is 0.462. The van der Waals surface area contributed by atoms with Gasteiger partial charge in [-0.05, 0) is 46.6 Å². The first-order chi connectivity index (χ1) is 8.61. The minimum absolute atomic E-state index is 0.0471. The van der Waals surface area contributed by atoms with E-state index in [4.69, 9.17) is 4.74 Å². The highest BCUT2D eigenvalue weighted by molar-refractivity contribution is 9.10. The number of halogens is 1. The standard InChI is InChI=1S/C13H17BrN2O2/c1-8-6-15-7-10(8)13(17)16-9-3-4-12(18-2)11(14)5-9/h3-5,8,10,15H,6-7H2,1-2H3,(H,16,17)/t8-,10-/m1/s1. The summed E-state index contributed by atoms with van der Waals surface area (Å²) in [5.74, 6) is 1.26. The van der Waals surface area contributed by atoms with Crippen molar-refractivity contribution >= 4 is 27.5 Å². The molecule has 2 atom stereocenters. The van der Waals surface area contributed by atoms with E-state index in [0.29, 0.717) is 5.92 Å². The van der Waals surface area contributed by atoms with Crippen LogP contribution >= 0.6 is 15.9 Å². The molecule has 1 aromatic rings. The number of benzene rings is 1. The molecule has 1 aliphatic heterocycles. The van der Waals surface area contributed by atoms with Gasteiger partial charge in [-0.25, -0.2) is 0 Å². The molecule has 4 nitrogen and oxygen atoms in total. The average Bonchev–Trinajstić information content (AvgIpc) is 2.76. The molecule has 1 aliphatic rings. The number of carbonyl (C=O) groups is 1. The Morgan fingerprint density at radius 1 is 1.50 bits per heavy atom. The molecular formula is C13H17BrN2O2. The van der Waals surface area contributed by atoms with Gasteiger partial charge in [0.1, 0.15) is 5.75 Å². The van der Waals surface area contributed by atoms with E-state index in [2.05, 4.69) is 33.5 Å². The fourth-order valence-electron chi connectivity index (χ4n) is 2.14. The van der Waals surface area contributed by atoms with Crippen LogP contribution in [0.2, 0.25) is 0 Å². The summed E-state index contributed by atoms with van der Waals surface area (Å²) in [4.78, 5) is 12.1. The number of methoxy groups -OCH3 is 1. The normalized spacial score (nSPS) is 22.8. The second-order valence-corrected chi connectivity index (χ2v) is 5.43. The van der Waals surface area contributed by atoms with Crippen LogP contribution in [0.25, 0.3) is 0 Å². The van der Waals surface area contributed by atoms with Gasteiger partial charge in [-0.2, -0.15) is 0 Å². The van der Waals surface area contributed by atoms with E-state index in [1.54, 1.807) is 7.11 Å². The lowest BCUT2D eigenvalue weighted by molar-refractivity contribution is -0.120. The second kappa shape index (κ2) is 5.71. The number of hydrogen-bond donors (Lipinski definition) is 2. The Morgan fingerprint density at radius 3 is 2.83 bits per heavy atom. The smallest absolute Gasteiger partial charge is 0.229 e. The highest BCUT2D eigenvalue weighted by atomic mass is 79.9. The number of carbonyl (C=O) groups excluding carboxylic acids is 1. The van der Waals surface area contributed by atoms with Gasteiger partial charge in [0.05, 0.1) is 17.5 Å². The zero-order chi connectivity index (χ0) is 13.1. The Bertz CT molecular complexity index is 451. The fourth-order valence-corrected chi connectivity index (χ4v) is 2.68. The third-order valence-electron chi connectivity index (χ3n) is 3.27. The predicted octanol–water partition coefficient (Wildman–Crippen LogP) is 2.25. The molecule has 5 heteroatoms. The summed E-state index contributed by atoms with van der Waals surface area (Å²) in [5, 5.41) is 6.17. The van der Waals surface area contributed by atoms with E-state index in [9.17, 15) is 4.79 Å². The van der Waals surface area contributed by atoms with Crippen molar-refractivity contribution in [3.05, 3.63) is 22.7 Å². The van der Waals surface area contributed by atoms with E-state index in [1.165, 1.54) is 0 Å². The van der Waals surface area contributed by atoms with Crippen LogP contribution in [0.4, 0.5) is 5.69 Å². The molecule has 1 aromatic carbocycles. The summed E-state index contributed by atoms with van der Waals surface area (Å²) in [5.41, 5.74) is 0.784. The minimum atomic E-state index is 0.0471. The van der Waals surface area contributed by atoms with Gasteiger partial charge in [-0.3, -0.25) is 4.79 Å². The first-order valence-corrected chi connectivity index (χ1v) is 6.76. The van der Waals surface area contributed by atoms with E-state index in [0.717, 1.165) is 29.0 Å². The topological polar surface area (TPSA) is 50.4 Å². The third kappa shape index (κ3) is 2.84. The molecule has 0 aliphatic carbocycles. The van der Waals surface area contributed by atoms with Crippen molar-refractivity contribution in [3.63, 3.8) is 0 Å². The van der Waals surface area contributed by atoms with Crippen LogP contribution in [-0.2, 0) is 4.79 Å². The number of amides is 1. The summed E-state index contributed by atoms with van der Waals surface area (Å²) < 4.78 is 5.99. The van der Waals surface area contributed by atoms with Gasteiger partial charge < -0.3 is 15.4 Å². The number of nitrogens with one attached hydrogen (secondary N) is 2. The molecule has 2 N–H and O–H groups in total. The Kier molecular flexibility index (Phi) is 4.24. The number of hydrogen-bond acceptors (Lipinski definition) is 3. The van der Waals surface area contributed by atoms with Crippen LogP contribution in [0.3, 0.4) is 0 Å². The molecule has 98 valence electrons. The zero-order valence-electron chi connectivity index (χ0n) is 10.5. The Morgan fingerprint density at radius 2 is 2.28 bits per heavy atom. The largest absolute Gasteiger partial charge is 0.496 e. The molecule has 1 amide bonds. The number of ether oxygens (including phenoxy) is 1. The first kappa shape index (κ1) is 13.4. The SMILES string of the molecule is COc1ccc(NC(=O)[C@@H]2CNC[C@H]2C)cc1Br. The number of rotatable bonds is 3. The summed E-state index contributed by atoms with van der Waals surface area (Å²) in [7, 11) is 1.62. The lowest BCUT2D eigenvalue weighted by Gasteiger charge is -2.14. The van der Waals surface area contributed by atoms with Gasteiger partial charge in [-0.1, -0.05) is 6.92 Å². The van der Waals surface area contributed by atoms with Crippen LogP contribution in [-0.4, -0.2) is 26.1 Å². The van der Waals surface area contributed by atoms with Gasteiger partial charge in [-0.15, -0.1) is 0 Å². The van der Waals surface area contributed by atoms with Gasteiger partial charge in [0.25, 0.3) is 0 Å². The molecule has 18 heavy (non-hydrogen) atoms. The lowest BCUT2D eigenvalue weighted by atomic mass is 9.97. The summed E-state index contributed by atoms with van der Waals surface area (Å²) >= 11 is 3.40. The van der Waals surface area contributed by atoms with Crippen LogP contribution in [0.1, 0.15) is 6.92 Å². The summed E-state index contributed by atoms with van der Waals surface area (Å²) in [6.45, 7) is 3.75. The minimum Gasteiger partial charge on any atom is -0.496 e.